The second kappa shape index (κ2) is 6.18. The molecule has 3 nitrogen and oxygen atoms in total. The number of halogens is 1. The average molecular weight is 285 g/mol. The number of benzene rings is 1. The Balaban J connectivity index is 0.00000162. The molecular formula is C13H17ClN2OS. The molecule has 1 atom stereocenters. The summed E-state index contributed by atoms with van der Waals surface area (Å²) in [5, 5.41) is 2.97. The lowest BCUT2D eigenvalue weighted by Gasteiger charge is -2.07. The molecule has 0 amide bonds. The number of ether oxygens (including phenoxy) is 1. The molecule has 1 aromatic carbocycles. The van der Waals surface area contributed by atoms with Crippen LogP contribution in [0, 0.1) is 6.92 Å². The number of rotatable bonds is 3. The van der Waals surface area contributed by atoms with Crippen molar-refractivity contribution >= 4 is 23.7 Å². The van der Waals surface area contributed by atoms with Crippen LogP contribution in [0.25, 0.3) is 11.3 Å². The van der Waals surface area contributed by atoms with Crippen molar-refractivity contribution < 1.29 is 4.74 Å². The summed E-state index contributed by atoms with van der Waals surface area (Å²) < 4.78 is 5.36. The van der Waals surface area contributed by atoms with Gasteiger partial charge in [0.05, 0.1) is 18.8 Å². The van der Waals surface area contributed by atoms with Crippen molar-refractivity contribution in [2.75, 3.05) is 7.11 Å². The third-order valence-electron chi connectivity index (χ3n) is 2.54. The van der Waals surface area contributed by atoms with Crippen LogP contribution in [-0.2, 0) is 0 Å². The zero-order chi connectivity index (χ0) is 12.4. The molecule has 0 saturated heterocycles. The number of aryl methyl sites for hydroxylation is 1. The zero-order valence-electron chi connectivity index (χ0n) is 10.6. The number of hydrogen-bond donors (Lipinski definition) is 1. The van der Waals surface area contributed by atoms with E-state index in [0.29, 0.717) is 0 Å². The van der Waals surface area contributed by atoms with Crippen LogP contribution in [0.3, 0.4) is 0 Å². The van der Waals surface area contributed by atoms with Crippen LogP contribution in [0.5, 0.6) is 5.75 Å². The van der Waals surface area contributed by atoms with Crippen LogP contribution in [0.4, 0.5) is 0 Å². The van der Waals surface area contributed by atoms with Gasteiger partial charge in [0.25, 0.3) is 0 Å². The van der Waals surface area contributed by atoms with E-state index in [9.17, 15) is 0 Å². The second-order valence-corrected chi connectivity index (χ2v) is 4.95. The Morgan fingerprint density at radius 3 is 2.67 bits per heavy atom. The fourth-order valence-corrected chi connectivity index (χ4v) is 2.42. The molecule has 5 heteroatoms. The highest BCUT2D eigenvalue weighted by atomic mass is 35.5. The smallest absolute Gasteiger partial charge is 0.128 e. The van der Waals surface area contributed by atoms with Gasteiger partial charge in [0.15, 0.2) is 0 Å². The Morgan fingerprint density at radius 1 is 1.39 bits per heavy atom. The molecule has 0 aliphatic rings. The minimum atomic E-state index is -0.0236. The Labute approximate surface area is 117 Å². The van der Waals surface area contributed by atoms with Gasteiger partial charge in [0, 0.05) is 10.9 Å². The van der Waals surface area contributed by atoms with Crippen molar-refractivity contribution in [3.8, 4) is 17.0 Å². The molecule has 2 rings (SSSR count). The van der Waals surface area contributed by atoms with Crippen molar-refractivity contribution in [1.29, 1.82) is 0 Å². The van der Waals surface area contributed by atoms with Crippen LogP contribution in [-0.4, -0.2) is 12.1 Å². The lowest BCUT2D eigenvalue weighted by Crippen LogP contribution is -2.03. The number of aromatic nitrogens is 1. The highest BCUT2D eigenvalue weighted by molar-refractivity contribution is 7.10. The minimum absolute atomic E-state index is 0. The third-order valence-corrected chi connectivity index (χ3v) is 3.59. The zero-order valence-corrected chi connectivity index (χ0v) is 12.3. The molecule has 0 fully saturated rings. The Bertz CT molecular complexity index is 525. The molecule has 1 aromatic heterocycles. The molecule has 98 valence electrons. The number of nitrogens with zero attached hydrogens (tertiary/aromatic N) is 1. The summed E-state index contributed by atoms with van der Waals surface area (Å²) in [4.78, 5) is 4.54. The number of hydrogen-bond acceptors (Lipinski definition) is 4. The summed E-state index contributed by atoms with van der Waals surface area (Å²) in [5.41, 5.74) is 8.97. The average Bonchev–Trinajstić information content (AvgIpc) is 2.78. The largest absolute Gasteiger partial charge is 0.496 e. The first-order chi connectivity index (χ1) is 8.11. The fourth-order valence-electron chi connectivity index (χ4n) is 1.64. The maximum Gasteiger partial charge on any atom is 0.128 e. The van der Waals surface area contributed by atoms with Gasteiger partial charge in [-0.15, -0.1) is 23.7 Å². The van der Waals surface area contributed by atoms with E-state index in [1.165, 1.54) is 5.56 Å². The molecule has 0 radical (unpaired) electrons. The first-order valence-electron chi connectivity index (χ1n) is 5.48. The van der Waals surface area contributed by atoms with Crippen molar-refractivity contribution in [3.63, 3.8) is 0 Å². The lowest BCUT2D eigenvalue weighted by molar-refractivity contribution is 0.416. The fraction of sp³-hybridized carbons (Fsp3) is 0.308. The Hall–Kier alpha value is -1.10. The van der Waals surface area contributed by atoms with Gasteiger partial charge in [-0.25, -0.2) is 4.98 Å². The minimum Gasteiger partial charge on any atom is -0.496 e. The molecule has 0 aliphatic carbocycles. The van der Waals surface area contributed by atoms with E-state index < -0.39 is 0 Å². The maximum absolute atomic E-state index is 5.82. The predicted octanol–water partition coefficient (Wildman–Crippen LogP) is 3.57. The molecule has 0 saturated carbocycles. The van der Waals surface area contributed by atoms with Gasteiger partial charge in [-0.3, -0.25) is 0 Å². The van der Waals surface area contributed by atoms with Crippen molar-refractivity contribution in [2.24, 2.45) is 5.73 Å². The summed E-state index contributed by atoms with van der Waals surface area (Å²) in [5.74, 6) is 0.845. The number of nitrogens with two attached hydrogens (primary N) is 1. The quantitative estimate of drug-likeness (QED) is 0.937. The number of methoxy groups -OCH3 is 1. The lowest BCUT2D eigenvalue weighted by atomic mass is 10.1. The summed E-state index contributed by atoms with van der Waals surface area (Å²) in [6.07, 6.45) is 0. The molecule has 2 N–H and O–H groups in total. The molecule has 2 aromatic rings. The third kappa shape index (κ3) is 3.02. The van der Waals surface area contributed by atoms with E-state index in [1.807, 2.05) is 24.4 Å². The second-order valence-electron chi connectivity index (χ2n) is 4.06. The van der Waals surface area contributed by atoms with Gasteiger partial charge in [-0.05, 0) is 26.0 Å². The van der Waals surface area contributed by atoms with Gasteiger partial charge in [0.1, 0.15) is 10.8 Å². The molecule has 1 heterocycles. The first-order valence-corrected chi connectivity index (χ1v) is 6.36. The standard InChI is InChI=1S/C13H16N2OS.ClH/c1-8-4-5-12(16-3)10(6-8)11-7-17-13(15-11)9(2)14;/h4-7,9H,14H2,1-3H3;1H. The van der Waals surface area contributed by atoms with Gasteiger partial charge >= 0.3 is 0 Å². The van der Waals surface area contributed by atoms with Crippen LogP contribution in [0.2, 0.25) is 0 Å². The van der Waals surface area contributed by atoms with E-state index in [-0.39, 0.29) is 18.4 Å². The summed E-state index contributed by atoms with van der Waals surface area (Å²) in [7, 11) is 1.67. The monoisotopic (exact) mass is 284 g/mol. The van der Waals surface area contributed by atoms with E-state index in [2.05, 4.69) is 18.0 Å². The molecule has 1 unspecified atom stereocenters. The normalized spacial score (nSPS) is 11.8. The van der Waals surface area contributed by atoms with E-state index >= 15 is 0 Å². The van der Waals surface area contributed by atoms with Gasteiger partial charge < -0.3 is 10.5 Å². The highest BCUT2D eigenvalue weighted by Crippen LogP contribution is 2.32. The summed E-state index contributed by atoms with van der Waals surface area (Å²) in [6, 6.07) is 6.06. The van der Waals surface area contributed by atoms with E-state index in [0.717, 1.165) is 22.0 Å². The maximum atomic E-state index is 5.82. The Kier molecular flexibility index (Phi) is 5.14. The topological polar surface area (TPSA) is 48.1 Å². The molecule has 0 aliphatic heterocycles. The van der Waals surface area contributed by atoms with Gasteiger partial charge in [-0.2, -0.15) is 0 Å². The van der Waals surface area contributed by atoms with Crippen molar-refractivity contribution in [3.05, 3.63) is 34.2 Å². The molecule has 0 spiro atoms. The van der Waals surface area contributed by atoms with Crippen molar-refractivity contribution in [1.82, 2.24) is 4.98 Å². The predicted molar refractivity (Wildman–Crippen MR) is 78.7 cm³/mol. The molecule has 18 heavy (non-hydrogen) atoms. The van der Waals surface area contributed by atoms with E-state index in [4.69, 9.17) is 10.5 Å². The Morgan fingerprint density at radius 2 is 2.11 bits per heavy atom. The van der Waals surface area contributed by atoms with Crippen LogP contribution in [0.15, 0.2) is 23.6 Å². The van der Waals surface area contributed by atoms with E-state index in [1.54, 1.807) is 18.4 Å². The SMILES string of the molecule is COc1ccc(C)cc1-c1csc(C(C)N)n1.Cl. The molecule has 0 bridgehead atoms. The summed E-state index contributed by atoms with van der Waals surface area (Å²) in [6.45, 7) is 4.00. The van der Waals surface area contributed by atoms with Crippen LogP contribution >= 0.6 is 23.7 Å². The van der Waals surface area contributed by atoms with Crippen molar-refractivity contribution in [2.45, 2.75) is 19.9 Å². The number of thiazole rings is 1. The highest BCUT2D eigenvalue weighted by Gasteiger charge is 2.11. The summed E-state index contributed by atoms with van der Waals surface area (Å²) >= 11 is 1.59. The molecular weight excluding hydrogens is 268 g/mol. The van der Waals surface area contributed by atoms with Gasteiger partial charge in [-0.1, -0.05) is 11.6 Å². The van der Waals surface area contributed by atoms with Crippen LogP contribution < -0.4 is 10.5 Å². The first kappa shape index (κ1) is 15.0. The van der Waals surface area contributed by atoms with Crippen LogP contribution in [0.1, 0.15) is 23.5 Å². The van der Waals surface area contributed by atoms with Gasteiger partial charge in [0.2, 0.25) is 0 Å².